The van der Waals surface area contributed by atoms with Crippen LogP contribution in [0, 0.1) is 5.82 Å². The van der Waals surface area contributed by atoms with E-state index in [9.17, 15) is 19.1 Å². The third-order valence-corrected chi connectivity index (χ3v) is 7.20. The van der Waals surface area contributed by atoms with Crippen LogP contribution in [-0.2, 0) is 6.54 Å². The largest absolute Gasteiger partial charge is 0.507 e. The average Bonchev–Trinajstić information content (AvgIpc) is 3.65. The number of halogens is 1. The van der Waals surface area contributed by atoms with Gasteiger partial charge in [-0.15, -0.1) is 11.3 Å². The van der Waals surface area contributed by atoms with Crippen molar-refractivity contribution in [1.82, 2.24) is 15.1 Å². The lowest BCUT2D eigenvalue weighted by atomic mass is 10.0. The molecule has 1 aliphatic rings. The van der Waals surface area contributed by atoms with E-state index in [1.807, 2.05) is 11.4 Å². The molecule has 0 atom stereocenters. The molecule has 1 aliphatic carbocycles. The Morgan fingerprint density at radius 3 is 2.56 bits per heavy atom. The number of hydrogen-bond donors (Lipinski definition) is 3. The van der Waals surface area contributed by atoms with E-state index in [1.165, 1.54) is 34.2 Å². The maximum atomic E-state index is 13.2. The Bertz CT molecular complexity index is 1380. The number of hydrogen-bond acceptors (Lipinski definition) is 5. The summed E-state index contributed by atoms with van der Waals surface area (Å²) in [6, 6.07) is 15.8. The van der Waals surface area contributed by atoms with Crippen molar-refractivity contribution in [2.75, 3.05) is 5.32 Å². The van der Waals surface area contributed by atoms with E-state index in [0.29, 0.717) is 21.8 Å². The molecule has 2 aromatic carbocycles. The zero-order valence-electron chi connectivity index (χ0n) is 19.4. The van der Waals surface area contributed by atoms with E-state index in [1.54, 1.807) is 36.4 Å². The molecule has 0 aliphatic heterocycles. The second kappa shape index (κ2) is 10.3. The van der Waals surface area contributed by atoms with Crippen molar-refractivity contribution in [2.45, 2.75) is 38.1 Å². The van der Waals surface area contributed by atoms with Gasteiger partial charge in [0.1, 0.15) is 11.6 Å². The number of carbonyl (C=O) groups excluding carboxylic acids is 2. The van der Waals surface area contributed by atoms with Gasteiger partial charge in [0.25, 0.3) is 5.91 Å². The fraction of sp³-hybridized carbons (Fsp3) is 0.222. The minimum atomic E-state index is -0.383. The van der Waals surface area contributed by atoms with Gasteiger partial charge in [-0.1, -0.05) is 31.0 Å². The molecule has 0 bridgehead atoms. The smallest absolute Gasteiger partial charge is 0.342 e. The summed E-state index contributed by atoms with van der Waals surface area (Å²) in [6.45, 7) is 0.238. The van der Waals surface area contributed by atoms with Gasteiger partial charge < -0.3 is 15.7 Å². The normalized spacial score (nSPS) is 13.6. The van der Waals surface area contributed by atoms with Crippen LogP contribution in [-0.4, -0.2) is 26.8 Å². The van der Waals surface area contributed by atoms with Gasteiger partial charge in [-0.2, -0.15) is 9.78 Å². The van der Waals surface area contributed by atoms with Crippen molar-refractivity contribution >= 4 is 29.0 Å². The Labute approximate surface area is 211 Å². The van der Waals surface area contributed by atoms with Crippen LogP contribution < -0.4 is 10.6 Å². The Balaban J connectivity index is 1.38. The molecule has 2 heterocycles. The number of amides is 2. The molecule has 4 aromatic rings. The lowest BCUT2D eigenvalue weighted by Gasteiger charge is -2.12. The van der Waals surface area contributed by atoms with Crippen molar-refractivity contribution in [1.29, 1.82) is 0 Å². The number of aromatic hydroxyl groups is 1. The lowest BCUT2D eigenvalue weighted by Crippen LogP contribution is -2.30. The van der Waals surface area contributed by atoms with Gasteiger partial charge in [-0.05, 0) is 60.2 Å². The summed E-state index contributed by atoms with van der Waals surface area (Å²) in [5, 5.41) is 22.7. The SMILES string of the molecule is O=C(Nc1ccc(-c2cc(C3CCCC3)n(C(=O)NCc3ccc(F)cc3)n2)c(O)c1)c1cccs1. The van der Waals surface area contributed by atoms with Crippen molar-refractivity contribution in [3.63, 3.8) is 0 Å². The molecule has 0 unspecified atom stereocenters. The van der Waals surface area contributed by atoms with Gasteiger partial charge in [0.15, 0.2) is 0 Å². The summed E-state index contributed by atoms with van der Waals surface area (Å²) in [4.78, 5) is 26.0. The first-order chi connectivity index (χ1) is 17.5. The van der Waals surface area contributed by atoms with Gasteiger partial charge in [0, 0.05) is 29.8 Å². The number of thiophene rings is 1. The quantitative estimate of drug-likeness (QED) is 0.295. The standard InChI is InChI=1S/C27H25FN4O3S/c28-19-9-7-17(8-10-19)16-29-27(35)32-23(18-4-1-2-5-18)15-22(31-32)21-12-11-20(14-24(21)33)30-26(34)25-6-3-13-36-25/h3,6-15,18,33H,1-2,4-5,16H2,(H,29,35)(H,30,34). The molecule has 7 nitrogen and oxygen atoms in total. The fourth-order valence-corrected chi connectivity index (χ4v) is 5.10. The molecule has 1 fully saturated rings. The molecule has 5 rings (SSSR count). The van der Waals surface area contributed by atoms with Crippen LogP contribution >= 0.6 is 11.3 Å². The predicted molar refractivity (Wildman–Crippen MR) is 137 cm³/mol. The third-order valence-electron chi connectivity index (χ3n) is 6.34. The molecule has 0 saturated heterocycles. The molecule has 1 saturated carbocycles. The first kappa shape index (κ1) is 23.7. The highest BCUT2D eigenvalue weighted by Crippen LogP contribution is 2.38. The Kier molecular flexibility index (Phi) is 6.81. The number of nitrogens with zero attached hydrogens (tertiary/aromatic N) is 2. The van der Waals surface area contributed by atoms with Gasteiger partial charge in [0.2, 0.25) is 0 Å². The van der Waals surface area contributed by atoms with Crippen LogP contribution in [0.5, 0.6) is 5.75 Å². The molecule has 3 N–H and O–H groups in total. The first-order valence-electron chi connectivity index (χ1n) is 11.8. The van der Waals surface area contributed by atoms with Crippen molar-refractivity contribution in [3.05, 3.63) is 88.0 Å². The number of benzene rings is 2. The highest BCUT2D eigenvalue weighted by molar-refractivity contribution is 7.12. The predicted octanol–water partition coefficient (Wildman–Crippen LogP) is 6.12. The molecule has 2 amide bonds. The summed E-state index contributed by atoms with van der Waals surface area (Å²) in [5.74, 6) is -0.423. The van der Waals surface area contributed by atoms with Crippen LogP contribution in [0.3, 0.4) is 0 Å². The maximum Gasteiger partial charge on any atom is 0.342 e. The second-order valence-corrected chi connectivity index (χ2v) is 9.74. The van der Waals surface area contributed by atoms with Gasteiger partial charge >= 0.3 is 6.03 Å². The van der Waals surface area contributed by atoms with Crippen LogP contribution in [0.25, 0.3) is 11.3 Å². The molecule has 9 heteroatoms. The number of carbonyl (C=O) groups is 2. The van der Waals surface area contributed by atoms with Crippen LogP contribution in [0.2, 0.25) is 0 Å². The molecule has 0 radical (unpaired) electrons. The van der Waals surface area contributed by atoms with Crippen LogP contribution in [0.15, 0.2) is 66.0 Å². The van der Waals surface area contributed by atoms with E-state index in [-0.39, 0.29) is 36.0 Å². The Morgan fingerprint density at radius 1 is 1.08 bits per heavy atom. The molecular weight excluding hydrogens is 479 g/mol. The zero-order valence-corrected chi connectivity index (χ0v) is 20.2. The van der Waals surface area contributed by atoms with E-state index in [2.05, 4.69) is 15.7 Å². The highest BCUT2D eigenvalue weighted by atomic mass is 32.1. The summed E-state index contributed by atoms with van der Waals surface area (Å²) in [5.41, 5.74) is 2.98. The number of anilines is 1. The van der Waals surface area contributed by atoms with Crippen molar-refractivity contribution < 1.29 is 19.1 Å². The fourth-order valence-electron chi connectivity index (χ4n) is 4.48. The molecular formula is C27H25FN4O3S. The van der Waals surface area contributed by atoms with E-state index < -0.39 is 0 Å². The van der Waals surface area contributed by atoms with Crippen molar-refractivity contribution in [3.8, 4) is 17.0 Å². The number of phenols is 1. The summed E-state index contributed by atoms with van der Waals surface area (Å²) in [7, 11) is 0. The number of rotatable bonds is 6. The third kappa shape index (κ3) is 5.16. The Hall–Kier alpha value is -3.98. The first-order valence-corrected chi connectivity index (χ1v) is 12.7. The lowest BCUT2D eigenvalue weighted by molar-refractivity contribution is 0.103. The summed E-state index contributed by atoms with van der Waals surface area (Å²) >= 11 is 1.33. The molecule has 36 heavy (non-hydrogen) atoms. The topological polar surface area (TPSA) is 96.3 Å². The monoisotopic (exact) mass is 504 g/mol. The number of nitrogens with one attached hydrogen (secondary N) is 2. The minimum absolute atomic E-state index is 0.0479. The average molecular weight is 505 g/mol. The van der Waals surface area contributed by atoms with Crippen LogP contribution in [0.4, 0.5) is 14.9 Å². The van der Waals surface area contributed by atoms with E-state index in [4.69, 9.17) is 0 Å². The highest BCUT2D eigenvalue weighted by Gasteiger charge is 2.26. The van der Waals surface area contributed by atoms with Crippen molar-refractivity contribution in [2.24, 2.45) is 0 Å². The van der Waals surface area contributed by atoms with Crippen LogP contribution in [0.1, 0.15) is 52.5 Å². The van der Waals surface area contributed by atoms with Gasteiger partial charge in [0.05, 0.1) is 16.3 Å². The number of aromatic nitrogens is 2. The van der Waals surface area contributed by atoms with Gasteiger partial charge in [-0.25, -0.2) is 9.18 Å². The van der Waals surface area contributed by atoms with Gasteiger partial charge in [-0.3, -0.25) is 4.79 Å². The van der Waals surface area contributed by atoms with E-state index >= 15 is 0 Å². The van der Waals surface area contributed by atoms with E-state index in [0.717, 1.165) is 36.9 Å². The summed E-state index contributed by atoms with van der Waals surface area (Å²) in [6.07, 6.45) is 4.12. The number of phenolic OH excluding ortho intramolecular Hbond substituents is 1. The minimum Gasteiger partial charge on any atom is -0.507 e. The molecule has 184 valence electrons. The second-order valence-electron chi connectivity index (χ2n) is 8.80. The molecule has 0 spiro atoms. The zero-order chi connectivity index (χ0) is 25.1. The Morgan fingerprint density at radius 2 is 1.86 bits per heavy atom. The maximum absolute atomic E-state index is 13.2. The summed E-state index contributed by atoms with van der Waals surface area (Å²) < 4.78 is 14.6. The molecule has 2 aromatic heterocycles.